The summed E-state index contributed by atoms with van der Waals surface area (Å²) in [5.41, 5.74) is 6.03. The highest BCUT2D eigenvalue weighted by Gasteiger charge is 2.13. The van der Waals surface area contributed by atoms with E-state index < -0.39 is 0 Å². The summed E-state index contributed by atoms with van der Waals surface area (Å²) in [6.45, 7) is 2.56. The van der Waals surface area contributed by atoms with Crippen molar-refractivity contribution in [2.45, 2.75) is 13.5 Å². The van der Waals surface area contributed by atoms with Crippen molar-refractivity contribution >= 4 is 17.2 Å². The molecule has 5 nitrogen and oxygen atoms in total. The zero-order valence-electron chi connectivity index (χ0n) is 10.4. The number of nitrogens with zero attached hydrogens (tertiary/aromatic N) is 1. The standard InChI is InChI=1S/C13H13N3O2S/c1-9-7-16-18-12(9)13(17)15-8-11-5-4-10(19-11)3-2-6-14/h4-5,7H,6,8,14H2,1H3,(H,15,17). The number of hydrogen-bond donors (Lipinski definition) is 2. The van der Waals surface area contributed by atoms with E-state index in [0.29, 0.717) is 13.1 Å². The highest BCUT2D eigenvalue weighted by molar-refractivity contribution is 7.12. The van der Waals surface area contributed by atoms with E-state index in [4.69, 9.17) is 10.3 Å². The second-order valence-corrected chi connectivity index (χ2v) is 4.96. The number of hydrogen-bond acceptors (Lipinski definition) is 5. The first-order valence-corrected chi connectivity index (χ1v) is 6.49. The van der Waals surface area contributed by atoms with Crippen molar-refractivity contribution in [1.29, 1.82) is 0 Å². The highest BCUT2D eigenvalue weighted by atomic mass is 32.1. The number of nitrogens with one attached hydrogen (secondary N) is 1. The zero-order valence-corrected chi connectivity index (χ0v) is 11.2. The third-order valence-corrected chi connectivity index (χ3v) is 3.35. The van der Waals surface area contributed by atoms with Gasteiger partial charge < -0.3 is 15.6 Å². The Kier molecular flexibility index (Phi) is 4.34. The molecule has 2 heterocycles. The topological polar surface area (TPSA) is 81.2 Å². The van der Waals surface area contributed by atoms with Gasteiger partial charge in [0.2, 0.25) is 5.76 Å². The predicted molar refractivity (Wildman–Crippen MR) is 72.7 cm³/mol. The van der Waals surface area contributed by atoms with Gasteiger partial charge in [0.05, 0.1) is 24.2 Å². The van der Waals surface area contributed by atoms with Crippen LogP contribution in [-0.4, -0.2) is 17.6 Å². The second-order valence-electron chi connectivity index (χ2n) is 3.79. The number of thiophene rings is 1. The van der Waals surface area contributed by atoms with Crippen LogP contribution in [0, 0.1) is 18.8 Å². The quantitative estimate of drug-likeness (QED) is 0.827. The predicted octanol–water partition coefficient (Wildman–Crippen LogP) is 1.28. The van der Waals surface area contributed by atoms with Crippen LogP contribution >= 0.6 is 11.3 Å². The van der Waals surface area contributed by atoms with E-state index in [2.05, 4.69) is 22.3 Å². The van der Waals surface area contributed by atoms with Crippen molar-refractivity contribution in [2.24, 2.45) is 5.73 Å². The van der Waals surface area contributed by atoms with Crippen molar-refractivity contribution in [3.05, 3.63) is 39.4 Å². The van der Waals surface area contributed by atoms with Crippen LogP contribution in [0.5, 0.6) is 0 Å². The number of carbonyl (C=O) groups excluding carboxylic acids is 1. The number of carbonyl (C=O) groups is 1. The van der Waals surface area contributed by atoms with Crippen molar-refractivity contribution in [1.82, 2.24) is 10.5 Å². The van der Waals surface area contributed by atoms with Gasteiger partial charge in [0.1, 0.15) is 0 Å². The van der Waals surface area contributed by atoms with Crippen LogP contribution in [-0.2, 0) is 6.54 Å². The van der Waals surface area contributed by atoms with E-state index in [9.17, 15) is 4.79 Å². The lowest BCUT2D eigenvalue weighted by Gasteiger charge is -2.00. The molecule has 0 saturated carbocycles. The van der Waals surface area contributed by atoms with Gasteiger partial charge in [-0.15, -0.1) is 11.3 Å². The summed E-state index contributed by atoms with van der Waals surface area (Å²) < 4.78 is 4.88. The number of amides is 1. The Morgan fingerprint density at radius 3 is 3.11 bits per heavy atom. The van der Waals surface area contributed by atoms with Crippen LogP contribution < -0.4 is 11.1 Å². The molecule has 6 heteroatoms. The molecule has 0 fully saturated rings. The maximum absolute atomic E-state index is 11.8. The summed E-state index contributed by atoms with van der Waals surface area (Å²) in [6.07, 6.45) is 1.51. The first-order valence-electron chi connectivity index (χ1n) is 5.68. The van der Waals surface area contributed by atoms with Crippen LogP contribution in [0.4, 0.5) is 0 Å². The second kappa shape index (κ2) is 6.18. The van der Waals surface area contributed by atoms with E-state index in [-0.39, 0.29) is 11.7 Å². The average molecular weight is 275 g/mol. The molecule has 2 aromatic rings. The van der Waals surface area contributed by atoms with Crippen LogP contribution in [0.1, 0.15) is 25.9 Å². The van der Waals surface area contributed by atoms with Gasteiger partial charge in [0.15, 0.2) is 0 Å². The fraction of sp³-hybridized carbons (Fsp3) is 0.231. The Morgan fingerprint density at radius 1 is 1.58 bits per heavy atom. The fourth-order valence-electron chi connectivity index (χ4n) is 1.44. The molecule has 2 rings (SSSR count). The first kappa shape index (κ1) is 13.3. The van der Waals surface area contributed by atoms with Gasteiger partial charge in [-0.05, 0) is 19.1 Å². The van der Waals surface area contributed by atoms with Crippen LogP contribution in [0.2, 0.25) is 0 Å². The van der Waals surface area contributed by atoms with Crippen LogP contribution in [0.25, 0.3) is 0 Å². The van der Waals surface area contributed by atoms with Crippen molar-refractivity contribution < 1.29 is 9.32 Å². The highest BCUT2D eigenvalue weighted by Crippen LogP contribution is 2.15. The molecular weight excluding hydrogens is 262 g/mol. The molecule has 0 aliphatic heterocycles. The summed E-state index contributed by atoms with van der Waals surface area (Å²) in [5, 5.41) is 6.35. The summed E-state index contributed by atoms with van der Waals surface area (Å²) in [6, 6.07) is 3.84. The smallest absolute Gasteiger partial charge is 0.290 e. The molecule has 0 unspecified atom stereocenters. The fourth-order valence-corrected chi connectivity index (χ4v) is 2.26. The molecule has 2 aromatic heterocycles. The largest absolute Gasteiger partial charge is 0.351 e. The van der Waals surface area contributed by atoms with Gasteiger partial charge in [0.25, 0.3) is 5.91 Å². The SMILES string of the molecule is Cc1cnoc1C(=O)NCc1ccc(C#CCN)s1. The monoisotopic (exact) mass is 275 g/mol. The molecule has 0 aliphatic carbocycles. The molecule has 0 bridgehead atoms. The first-order chi connectivity index (χ1) is 9.20. The Bertz CT molecular complexity index is 634. The number of rotatable bonds is 3. The third-order valence-electron chi connectivity index (χ3n) is 2.35. The maximum Gasteiger partial charge on any atom is 0.290 e. The molecule has 19 heavy (non-hydrogen) atoms. The zero-order chi connectivity index (χ0) is 13.7. The number of aryl methyl sites for hydroxylation is 1. The van der Waals surface area contributed by atoms with Gasteiger partial charge in [-0.25, -0.2) is 0 Å². The summed E-state index contributed by atoms with van der Waals surface area (Å²) in [7, 11) is 0. The lowest BCUT2D eigenvalue weighted by molar-refractivity contribution is 0.0913. The Hall–Kier alpha value is -2.10. The van der Waals surface area contributed by atoms with E-state index in [0.717, 1.165) is 15.3 Å². The molecule has 1 amide bonds. The van der Waals surface area contributed by atoms with Crippen LogP contribution in [0.3, 0.4) is 0 Å². The Morgan fingerprint density at radius 2 is 2.42 bits per heavy atom. The number of aromatic nitrogens is 1. The minimum atomic E-state index is -0.266. The molecule has 0 aromatic carbocycles. The Labute approximate surface area is 114 Å². The maximum atomic E-state index is 11.8. The lowest BCUT2D eigenvalue weighted by atomic mass is 10.3. The van der Waals surface area contributed by atoms with E-state index in [1.807, 2.05) is 12.1 Å². The van der Waals surface area contributed by atoms with E-state index >= 15 is 0 Å². The molecule has 0 radical (unpaired) electrons. The van der Waals surface area contributed by atoms with Crippen LogP contribution in [0.15, 0.2) is 22.9 Å². The van der Waals surface area contributed by atoms with Gasteiger partial charge in [-0.1, -0.05) is 17.0 Å². The normalized spacial score (nSPS) is 9.79. The summed E-state index contributed by atoms with van der Waals surface area (Å²) in [4.78, 5) is 13.7. The minimum absolute atomic E-state index is 0.250. The van der Waals surface area contributed by atoms with Crippen molar-refractivity contribution in [3.8, 4) is 11.8 Å². The number of nitrogens with two attached hydrogens (primary N) is 1. The van der Waals surface area contributed by atoms with Gasteiger partial charge in [-0.3, -0.25) is 4.79 Å². The van der Waals surface area contributed by atoms with Gasteiger partial charge in [-0.2, -0.15) is 0 Å². The third kappa shape index (κ3) is 3.44. The summed E-state index contributed by atoms with van der Waals surface area (Å²) >= 11 is 1.53. The summed E-state index contributed by atoms with van der Waals surface area (Å²) in [5.74, 6) is 5.73. The van der Waals surface area contributed by atoms with E-state index in [1.165, 1.54) is 17.5 Å². The molecule has 0 spiro atoms. The molecule has 3 N–H and O–H groups in total. The molecular formula is C13H13N3O2S. The molecule has 0 aliphatic rings. The lowest BCUT2D eigenvalue weighted by Crippen LogP contribution is -2.22. The van der Waals surface area contributed by atoms with Crippen molar-refractivity contribution in [3.63, 3.8) is 0 Å². The van der Waals surface area contributed by atoms with E-state index in [1.54, 1.807) is 6.92 Å². The Balaban J connectivity index is 1.94. The van der Waals surface area contributed by atoms with Crippen molar-refractivity contribution in [2.75, 3.05) is 6.54 Å². The van der Waals surface area contributed by atoms with Gasteiger partial charge in [0, 0.05) is 10.4 Å². The van der Waals surface area contributed by atoms with Gasteiger partial charge >= 0.3 is 0 Å². The minimum Gasteiger partial charge on any atom is -0.351 e. The molecule has 98 valence electrons. The average Bonchev–Trinajstić information content (AvgIpc) is 3.02. The molecule has 0 saturated heterocycles. The molecule has 0 atom stereocenters.